The summed E-state index contributed by atoms with van der Waals surface area (Å²) in [6.07, 6.45) is 2.80. The molecular formula is C11H22N2O2. The van der Waals surface area contributed by atoms with Crippen molar-refractivity contribution in [2.75, 3.05) is 19.8 Å². The largest absolute Gasteiger partial charge is 0.379 e. The molecule has 2 unspecified atom stereocenters. The van der Waals surface area contributed by atoms with Crippen LogP contribution in [0.3, 0.4) is 0 Å². The van der Waals surface area contributed by atoms with E-state index in [9.17, 15) is 4.79 Å². The van der Waals surface area contributed by atoms with Gasteiger partial charge in [0, 0.05) is 13.2 Å². The van der Waals surface area contributed by atoms with E-state index in [-0.39, 0.29) is 11.9 Å². The average molecular weight is 214 g/mol. The maximum absolute atomic E-state index is 11.9. The second-order valence-electron chi connectivity index (χ2n) is 4.51. The maximum atomic E-state index is 11.9. The lowest BCUT2D eigenvalue weighted by Crippen LogP contribution is -2.49. The number of rotatable bonds is 4. The molecule has 4 nitrogen and oxygen atoms in total. The molecule has 1 fully saturated rings. The van der Waals surface area contributed by atoms with Gasteiger partial charge in [-0.2, -0.15) is 0 Å². The van der Waals surface area contributed by atoms with Crippen LogP contribution in [0.5, 0.6) is 0 Å². The Labute approximate surface area is 91.5 Å². The Morgan fingerprint density at radius 1 is 1.67 bits per heavy atom. The fourth-order valence-electron chi connectivity index (χ4n) is 1.61. The van der Waals surface area contributed by atoms with Crippen LogP contribution in [0.2, 0.25) is 0 Å². The molecule has 1 aliphatic rings. The Kier molecular flexibility index (Phi) is 4.54. The molecule has 0 bridgehead atoms. The molecule has 3 N–H and O–H groups in total. The van der Waals surface area contributed by atoms with Gasteiger partial charge in [-0.3, -0.25) is 4.79 Å². The summed E-state index contributed by atoms with van der Waals surface area (Å²) in [5.74, 6) is 0.0583. The van der Waals surface area contributed by atoms with Crippen molar-refractivity contribution in [3.63, 3.8) is 0 Å². The van der Waals surface area contributed by atoms with Gasteiger partial charge in [-0.25, -0.2) is 0 Å². The van der Waals surface area contributed by atoms with Gasteiger partial charge in [0.15, 0.2) is 0 Å². The van der Waals surface area contributed by atoms with E-state index in [1.165, 1.54) is 0 Å². The Bertz CT molecular complexity index is 209. The predicted octanol–water partition coefficient (Wildman–Crippen LogP) is 0.657. The van der Waals surface area contributed by atoms with Crippen molar-refractivity contribution < 1.29 is 9.53 Å². The first-order chi connectivity index (χ1) is 7.12. The highest BCUT2D eigenvalue weighted by molar-refractivity contribution is 5.82. The van der Waals surface area contributed by atoms with Gasteiger partial charge in [-0.15, -0.1) is 0 Å². The van der Waals surface area contributed by atoms with E-state index in [2.05, 4.69) is 5.32 Å². The monoisotopic (exact) mass is 214 g/mol. The van der Waals surface area contributed by atoms with Gasteiger partial charge in [0.2, 0.25) is 5.91 Å². The topological polar surface area (TPSA) is 64.4 Å². The summed E-state index contributed by atoms with van der Waals surface area (Å²) >= 11 is 0. The summed E-state index contributed by atoms with van der Waals surface area (Å²) in [6.45, 7) is 5.74. The van der Waals surface area contributed by atoms with Crippen molar-refractivity contribution in [3.05, 3.63) is 0 Å². The van der Waals surface area contributed by atoms with Crippen molar-refractivity contribution in [1.82, 2.24) is 5.32 Å². The van der Waals surface area contributed by atoms with Crippen molar-refractivity contribution in [3.8, 4) is 0 Å². The third-order valence-electron chi connectivity index (χ3n) is 3.27. The molecule has 1 heterocycles. The highest BCUT2D eigenvalue weighted by atomic mass is 16.5. The lowest BCUT2D eigenvalue weighted by molar-refractivity contribution is -0.131. The summed E-state index contributed by atoms with van der Waals surface area (Å²) in [5, 5.41) is 3.02. The minimum absolute atomic E-state index is 0.0583. The van der Waals surface area contributed by atoms with E-state index in [0.717, 1.165) is 25.9 Å². The Hall–Kier alpha value is -0.610. The number of hydrogen-bond donors (Lipinski definition) is 2. The van der Waals surface area contributed by atoms with E-state index < -0.39 is 5.41 Å². The van der Waals surface area contributed by atoms with E-state index in [4.69, 9.17) is 10.5 Å². The van der Waals surface area contributed by atoms with Gasteiger partial charge in [0.1, 0.15) is 0 Å². The van der Waals surface area contributed by atoms with Crippen LogP contribution in [-0.4, -0.2) is 31.7 Å². The molecule has 88 valence electrons. The van der Waals surface area contributed by atoms with E-state index in [0.29, 0.717) is 13.2 Å². The van der Waals surface area contributed by atoms with Crippen molar-refractivity contribution in [2.24, 2.45) is 11.1 Å². The molecule has 4 heteroatoms. The first kappa shape index (κ1) is 12.5. The molecule has 1 saturated heterocycles. The molecule has 0 aromatic carbocycles. The summed E-state index contributed by atoms with van der Waals surface area (Å²) in [4.78, 5) is 11.9. The fourth-order valence-corrected chi connectivity index (χ4v) is 1.61. The number of carbonyl (C=O) groups is 1. The smallest absolute Gasteiger partial charge is 0.227 e. The van der Waals surface area contributed by atoms with Crippen LogP contribution in [0.1, 0.15) is 33.1 Å². The van der Waals surface area contributed by atoms with Crippen LogP contribution in [-0.2, 0) is 9.53 Å². The standard InChI is InChI=1S/C11H22N2O2/c1-3-11(2,8-12)10(14)13-9-5-4-6-15-7-9/h9H,3-8,12H2,1-2H3,(H,13,14). The normalized spacial score (nSPS) is 25.7. The molecule has 2 atom stereocenters. The summed E-state index contributed by atoms with van der Waals surface area (Å²) in [7, 11) is 0. The van der Waals surface area contributed by atoms with Gasteiger partial charge in [-0.05, 0) is 26.2 Å². The lowest BCUT2D eigenvalue weighted by Gasteiger charge is -2.30. The Morgan fingerprint density at radius 2 is 2.40 bits per heavy atom. The fraction of sp³-hybridized carbons (Fsp3) is 0.909. The van der Waals surface area contributed by atoms with Gasteiger partial charge >= 0.3 is 0 Å². The second kappa shape index (κ2) is 5.47. The van der Waals surface area contributed by atoms with Crippen molar-refractivity contribution >= 4 is 5.91 Å². The van der Waals surface area contributed by atoms with Crippen LogP contribution >= 0.6 is 0 Å². The zero-order valence-corrected chi connectivity index (χ0v) is 9.71. The van der Waals surface area contributed by atoms with Crippen LogP contribution < -0.4 is 11.1 Å². The zero-order chi connectivity index (χ0) is 11.3. The third kappa shape index (κ3) is 3.18. The summed E-state index contributed by atoms with van der Waals surface area (Å²) in [6, 6.07) is 0.170. The van der Waals surface area contributed by atoms with Crippen molar-refractivity contribution in [1.29, 1.82) is 0 Å². The number of ether oxygens (including phenoxy) is 1. The molecule has 0 aromatic rings. The number of amides is 1. The van der Waals surface area contributed by atoms with Gasteiger partial charge < -0.3 is 15.8 Å². The SMILES string of the molecule is CCC(C)(CN)C(=O)NC1CCCOC1. The Balaban J connectivity index is 2.45. The van der Waals surface area contributed by atoms with Crippen LogP contribution in [0.25, 0.3) is 0 Å². The molecule has 0 aromatic heterocycles. The highest BCUT2D eigenvalue weighted by Gasteiger charge is 2.31. The number of carbonyl (C=O) groups excluding carboxylic acids is 1. The number of hydrogen-bond acceptors (Lipinski definition) is 3. The molecule has 0 saturated carbocycles. The molecule has 0 aliphatic carbocycles. The van der Waals surface area contributed by atoms with E-state index >= 15 is 0 Å². The lowest BCUT2D eigenvalue weighted by atomic mass is 9.86. The second-order valence-corrected chi connectivity index (χ2v) is 4.51. The molecule has 1 amide bonds. The Morgan fingerprint density at radius 3 is 2.87 bits per heavy atom. The molecule has 0 radical (unpaired) electrons. The number of nitrogens with two attached hydrogens (primary N) is 1. The zero-order valence-electron chi connectivity index (χ0n) is 9.71. The minimum Gasteiger partial charge on any atom is -0.379 e. The van der Waals surface area contributed by atoms with Gasteiger partial charge in [-0.1, -0.05) is 6.92 Å². The third-order valence-corrected chi connectivity index (χ3v) is 3.27. The predicted molar refractivity (Wildman–Crippen MR) is 59.4 cm³/mol. The molecular weight excluding hydrogens is 192 g/mol. The van der Waals surface area contributed by atoms with Crippen LogP contribution in [0.4, 0.5) is 0 Å². The highest BCUT2D eigenvalue weighted by Crippen LogP contribution is 2.20. The van der Waals surface area contributed by atoms with Crippen LogP contribution in [0, 0.1) is 5.41 Å². The van der Waals surface area contributed by atoms with E-state index in [1.807, 2.05) is 13.8 Å². The van der Waals surface area contributed by atoms with E-state index in [1.54, 1.807) is 0 Å². The molecule has 15 heavy (non-hydrogen) atoms. The molecule has 1 aliphatic heterocycles. The minimum atomic E-state index is -0.433. The summed E-state index contributed by atoms with van der Waals surface area (Å²) in [5.41, 5.74) is 5.20. The van der Waals surface area contributed by atoms with Gasteiger partial charge in [0.25, 0.3) is 0 Å². The van der Waals surface area contributed by atoms with Gasteiger partial charge in [0.05, 0.1) is 18.1 Å². The quantitative estimate of drug-likeness (QED) is 0.722. The molecule has 1 rings (SSSR count). The summed E-state index contributed by atoms with van der Waals surface area (Å²) < 4.78 is 5.32. The maximum Gasteiger partial charge on any atom is 0.227 e. The number of nitrogens with one attached hydrogen (secondary N) is 1. The molecule has 0 spiro atoms. The first-order valence-corrected chi connectivity index (χ1v) is 5.71. The first-order valence-electron chi connectivity index (χ1n) is 5.71. The van der Waals surface area contributed by atoms with Crippen LogP contribution in [0.15, 0.2) is 0 Å². The van der Waals surface area contributed by atoms with Crippen molar-refractivity contribution in [2.45, 2.75) is 39.2 Å². The average Bonchev–Trinajstić information content (AvgIpc) is 2.29.